The first-order valence-corrected chi connectivity index (χ1v) is 30.9. The molecule has 16 nitrogen and oxygen atoms in total. The number of fused-ring (bicyclic) bond motifs is 2. The maximum Gasteiger partial charge on any atom is 0.490 e. The second kappa shape index (κ2) is 27.8. The molecule has 2 aromatic heterocycles. The number of carboxylic acids is 1. The highest BCUT2D eigenvalue weighted by atomic mass is 19.4. The third-order valence-corrected chi connectivity index (χ3v) is 17.9. The van der Waals surface area contributed by atoms with Crippen molar-refractivity contribution in [3.63, 3.8) is 0 Å². The van der Waals surface area contributed by atoms with Crippen LogP contribution in [0, 0.1) is 36.5 Å². The van der Waals surface area contributed by atoms with E-state index in [0.29, 0.717) is 74.3 Å². The molecule has 2 saturated carbocycles. The number of aliphatic carboxylic acids is 1. The van der Waals surface area contributed by atoms with Gasteiger partial charge in [0.2, 0.25) is 0 Å². The fourth-order valence-electron chi connectivity index (χ4n) is 12.5. The van der Waals surface area contributed by atoms with Gasteiger partial charge in [0.15, 0.2) is 0 Å². The Hall–Kier alpha value is -8.29. The number of H-pyrrole nitrogens is 2. The van der Waals surface area contributed by atoms with E-state index in [0.717, 1.165) is 133 Å². The number of benzene rings is 4. The van der Waals surface area contributed by atoms with Gasteiger partial charge in [0.25, 0.3) is 11.8 Å². The van der Waals surface area contributed by atoms with Crippen molar-refractivity contribution >= 4 is 23.9 Å². The zero-order valence-electron chi connectivity index (χ0n) is 52.3. The number of rotatable bonds is 8. The van der Waals surface area contributed by atoms with Gasteiger partial charge in [0.05, 0.1) is 52.6 Å². The van der Waals surface area contributed by atoms with Crippen molar-refractivity contribution in [2.24, 2.45) is 0 Å². The van der Waals surface area contributed by atoms with Crippen LogP contribution in [-0.2, 0) is 35.5 Å². The number of aromatic nitrogens is 4. The van der Waals surface area contributed by atoms with Gasteiger partial charge in [0, 0.05) is 82.3 Å². The van der Waals surface area contributed by atoms with E-state index in [1.54, 1.807) is 11.8 Å². The van der Waals surface area contributed by atoms with E-state index >= 15 is 0 Å². The van der Waals surface area contributed by atoms with E-state index in [-0.39, 0.29) is 17.9 Å². The molecule has 0 bridgehead atoms. The number of nitriles is 2. The molecular weight excluding hydrogens is 1120 g/mol. The van der Waals surface area contributed by atoms with Crippen LogP contribution in [0.1, 0.15) is 212 Å². The minimum absolute atomic E-state index is 0.0737. The Morgan fingerprint density at radius 1 is 0.636 bits per heavy atom. The predicted molar refractivity (Wildman–Crippen MR) is 330 cm³/mol. The Morgan fingerprint density at radius 2 is 1.06 bits per heavy atom. The van der Waals surface area contributed by atoms with E-state index in [4.69, 9.17) is 36.5 Å². The highest BCUT2D eigenvalue weighted by Crippen LogP contribution is 2.44. The molecule has 4 fully saturated rings. The number of nitrogens with one attached hydrogen (secondary N) is 3. The molecule has 0 unspecified atom stereocenters. The Morgan fingerprint density at radius 3 is 1.43 bits per heavy atom. The molecule has 4 aliphatic heterocycles. The fraction of sp³-hybridized carbons (Fsp3) is 0.478. The van der Waals surface area contributed by atoms with Crippen LogP contribution in [0.15, 0.2) is 72.8 Å². The van der Waals surface area contributed by atoms with Gasteiger partial charge in [-0.25, -0.2) is 19.6 Å². The van der Waals surface area contributed by atoms with Crippen LogP contribution in [-0.4, -0.2) is 115 Å². The summed E-state index contributed by atoms with van der Waals surface area (Å²) in [4.78, 5) is 72.1. The molecule has 6 heterocycles. The molecule has 4 aromatic carbocycles. The molecule has 0 atom stereocenters. The molecule has 2 saturated heterocycles. The monoisotopic (exact) mass is 1200 g/mol. The summed E-state index contributed by atoms with van der Waals surface area (Å²) in [5, 5.41) is 28.7. The van der Waals surface area contributed by atoms with Gasteiger partial charge >= 0.3 is 18.2 Å². The number of alkyl halides is 3. The average molecular weight is 1200 g/mol. The molecule has 19 heteroatoms. The molecule has 2 aliphatic carbocycles. The number of likely N-dealkylation sites (tertiary alicyclic amines) is 2. The van der Waals surface area contributed by atoms with Gasteiger partial charge in [-0.3, -0.25) is 9.59 Å². The lowest BCUT2D eigenvalue weighted by Crippen LogP contribution is -2.39. The Balaban J connectivity index is 0.000000186. The molecule has 0 spiro atoms. The van der Waals surface area contributed by atoms with E-state index in [1.807, 2.05) is 67.0 Å². The van der Waals surface area contributed by atoms with Crippen LogP contribution < -0.4 is 5.32 Å². The average Bonchev–Trinajstić information content (AvgIpc) is 2.01. The number of carbonyl (C=O) groups excluding carboxylic acids is 3. The number of aromatic amines is 2. The minimum Gasteiger partial charge on any atom is -0.475 e. The SMILES string of the molecule is Cc1cc(C2CCC2)c(-c2nc3c([nH]2)CN(C(=O)OC(C)(C)C)CC3)cc1C(=O)N1CCC(c2ccc(C#N)cc2)CC1.Cc1cc(C2CCC2)c(-c2nc3c([nH]2)CNCC3)cc1C(=O)N1CCC(c2ccc(C#N)cc2)CC1.O=C(O)C(F)(F)F.[2H]CC. The van der Waals surface area contributed by atoms with Crippen molar-refractivity contribution in [1.82, 2.24) is 40.0 Å². The van der Waals surface area contributed by atoms with Crippen LogP contribution in [0.4, 0.5) is 18.0 Å². The van der Waals surface area contributed by atoms with Crippen molar-refractivity contribution in [2.75, 3.05) is 39.3 Å². The Kier molecular flexibility index (Phi) is 19.8. The molecule has 6 aromatic rings. The van der Waals surface area contributed by atoms with Crippen molar-refractivity contribution < 1.29 is 43.6 Å². The molecule has 4 N–H and O–H groups in total. The lowest BCUT2D eigenvalue weighted by molar-refractivity contribution is -0.192. The first-order valence-electron chi connectivity index (χ1n) is 31.6. The quantitative estimate of drug-likeness (QED) is 0.112. The van der Waals surface area contributed by atoms with Gasteiger partial charge in [-0.15, -0.1) is 0 Å². The molecular formula is C69H81F3N10O6. The lowest BCUT2D eigenvalue weighted by atomic mass is 9.77. The van der Waals surface area contributed by atoms with E-state index in [2.05, 4.69) is 77.7 Å². The van der Waals surface area contributed by atoms with E-state index < -0.39 is 17.7 Å². The molecule has 88 heavy (non-hydrogen) atoms. The number of carboxylic acid groups (broad SMARTS) is 1. The fourth-order valence-corrected chi connectivity index (χ4v) is 12.5. The Labute approximate surface area is 515 Å². The molecule has 3 amide bonds. The summed E-state index contributed by atoms with van der Waals surface area (Å²) in [5.41, 5.74) is 15.9. The molecule has 6 aliphatic rings. The smallest absolute Gasteiger partial charge is 0.475 e. The highest BCUT2D eigenvalue weighted by Gasteiger charge is 2.39. The minimum atomic E-state index is -5.08. The van der Waals surface area contributed by atoms with Gasteiger partial charge in [0.1, 0.15) is 17.2 Å². The van der Waals surface area contributed by atoms with Crippen LogP contribution in [0.5, 0.6) is 0 Å². The predicted octanol–water partition coefficient (Wildman–Crippen LogP) is 13.7. The number of hydrogen-bond donors (Lipinski definition) is 4. The number of nitrogens with zero attached hydrogens (tertiary/aromatic N) is 7. The largest absolute Gasteiger partial charge is 0.490 e. The van der Waals surface area contributed by atoms with Crippen molar-refractivity contribution in [2.45, 2.75) is 174 Å². The van der Waals surface area contributed by atoms with Gasteiger partial charge in [-0.05, 0) is 179 Å². The summed E-state index contributed by atoms with van der Waals surface area (Å²) in [6.07, 6.45) is 7.13. The lowest BCUT2D eigenvalue weighted by Gasteiger charge is -2.33. The van der Waals surface area contributed by atoms with E-state index in [9.17, 15) is 27.6 Å². The van der Waals surface area contributed by atoms with Crippen molar-refractivity contribution in [3.05, 3.63) is 151 Å². The second-order valence-electron chi connectivity index (χ2n) is 24.8. The first kappa shape index (κ1) is 62.8. The number of carbonyl (C=O) groups is 4. The maximum atomic E-state index is 13.9. The number of hydrogen-bond acceptors (Lipinski definition) is 10. The normalized spacial score (nSPS) is 17.3. The standard InChI is InChI=1S/C35H41N5O3.C30H33N5O.C2HF3O2.C2H6/c1-22-18-28(26-6-5-7-26)29(32-37-30-14-17-40(21-31(30)38-32)34(42)43-35(2,3)4)19-27(22)33(41)39-15-12-25(13-16-39)24-10-8-23(20-36)9-11-24;1-19-15-25(23-3-2-4-23)26(29-33-27-9-12-32-18-28(27)34-29)16-24(19)30(36)35-13-10-22(11-14-35)21-7-5-20(17-31)6-8-21;3-2(4,5)1(6)7;1-2/h8-11,18-19,25-26H,5-7,12-17,21H2,1-4H3,(H,37,38);5-8,15-16,22-23,32H,2-4,9-14,18H2,1H3,(H,33,34);(H,6,7);1-2H3/i;;;1D. The molecule has 12 rings (SSSR count). The number of imidazole rings is 2. The highest BCUT2D eigenvalue weighted by molar-refractivity contribution is 5.98. The third kappa shape index (κ3) is 15.0. The first-order chi connectivity index (χ1) is 42.5. The summed E-state index contributed by atoms with van der Waals surface area (Å²) in [7, 11) is 0. The molecule has 0 radical (unpaired) electrons. The molecule has 464 valence electrons. The number of aryl methyl sites for hydroxylation is 2. The maximum absolute atomic E-state index is 13.9. The third-order valence-electron chi connectivity index (χ3n) is 17.9. The number of halogens is 3. The topological polar surface area (TPSA) is 224 Å². The zero-order chi connectivity index (χ0) is 63.7. The summed E-state index contributed by atoms with van der Waals surface area (Å²) < 4.78 is 43.6. The Bertz CT molecular complexity index is 3570. The van der Waals surface area contributed by atoms with Gasteiger partial charge in [-0.2, -0.15) is 23.7 Å². The van der Waals surface area contributed by atoms with Crippen LogP contribution in [0.2, 0.25) is 0 Å². The van der Waals surface area contributed by atoms with E-state index in [1.165, 1.54) is 53.6 Å². The zero-order valence-corrected chi connectivity index (χ0v) is 51.3. The van der Waals surface area contributed by atoms with Crippen molar-refractivity contribution in [3.8, 4) is 34.9 Å². The van der Waals surface area contributed by atoms with Gasteiger partial charge in [-0.1, -0.05) is 63.1 Å². The van der Waals surface area contributed by atoms with Crippen molar-refractivity contribution in [1.29, 1.82) is 10.5 Å². The van der Waals surface area contributed by atoms with Crippen LogP contribution in [0.25, 0.3) is 22.8 Å². The number of amides is 3. The number of ether oxygens (including phenoxy) is 1. The summed E-state index contributed by atoms with van der Waals surface area (Å²) in [5.74, 6) is 1.01. The van der Waals surface area contributed by atoms with Gasteiger partial charge < -0.3 is 39.8 Å². The summed E-state index contributed by atoms with van der Waals surface area (Å²) in [6, 6.07) is 28.8. The second-order valence-corrected chi connectivity index (χ2v) is 24.8. The number of piperidine rings is 2. The van der Waals surface area contributed by atoms with Crippen LogP contribution >= 0.6 is 0 Å². The summed E-state index contributed by atoms with van der Waals surface area (Å²) >= 11 is 0. The summed E-state index contributed by atoms with van der Waals surface area (Å²) in [6.45, 7) is 17.8. The van der Waals surface area contributed by atoms with Crippen LogP contribution in [0.3, 0.4) is 0 Å².